The molecule has 0 saturated carbocycles. The van der Waals surface area contributed by atoms with Crippen molar-refractivity contribution >= 4 is 10.0 Å². The second-order valence-electron chi connectivity index (χ2n) is 4.99. The van der Waals surface area contributed by atoms with Gasteiger partial charge in [-0.3, -0.25) is 0 Å². The molecule has 0 aromatic carbocycles. The van der Waals surface area contributed by atoms with E-state index in [0.29, 0.717) is 6.42 Å². The predicted octanol–water partition coefficient (Wildman–Crippen LogP) is 1.80. The predicted molar refractivity (Wildman–Crippen MR) is 68.8 cm³/mol. The second-order valence-corrected chi connectivity index (χ2v) is 7.03. The molecule has 0 spiro atoms. The summed E-state index contributed by atoms with van der Waals surface area (Å²) in [7, 11) is -3.49. The zero-order valence-electron chi connectivity index (χ0n) is 11.8. The van der Waals surface area contributed by atoms with Crippen LogP contribution in [0, 0.1) is 0 Å². The molecule has 2 heterocycles. The number of sulfonamides is 1. The molecule has 1 aromatic heterocycles. The number of hydrogen-bond acceptors (Lipinski definition) is 4. The van der Waals surface area contributed by atoms with Gasteiger partial charge in [-0.15, -0.1) is 10.2 Å². The summed E-state index contributed by atoms with van der Waals surface area (Å²) in [5, 5.41) is 6.70. The molecule has 0 N–H and O–H groups in total. The van der Waals surface area contributed by atoms with Crippen molar-refractivity contribution in [3.8, 4) is 0 Å². The monoisotopic (exact) mass is 326 g/mol. The Morgan fingerprint density at radius 3 is 2.52 bits per heavy atom. The number of unbranched alkanes of at least 4 members (excludes halogenated alkanes) is 1. The van der Waals surface area contributed by atoms with Crippen molar-refractivity contribution < 1.29 is 21.6 Å². The van der Waals surface area contributed by atoms with Gasteiger partial charge in [-0.25, -0.2) is 8.42 Å². The minimum absolute atomic E-state index is 0.00132. The van der Waals surface area contributed by atoms with Gasteiger partial charge < -0.3 is 4.57 Å². The van der Waals surface area contributed by atoms with Crippen LogP contribution in [0.4, 0.5) is 13.2 Å². The fourth-order valence-corrected chi connectivity index (χ4v) is 4.22. The highest BCUT2D eigenvalue weighted by Crippen LogP contribution is 2.33. The van der Waals surface area contributed by atoms with Gasteiger partial charge >= 0.3 is 6.18 Å². The first-order valence-corrected chi connectivity index (χ1v) is 8.29. The Morgan fingerprint density at radius 2 is 1.95 bits per heavy atom. The van der Waals surface area contributed by atoms with E-state index in [1.54, 1.807) is 0 Å². The van der Waals surface area contributed by atoms with Crippen LogP contribution in [0.2, 0.25) is 0 Å². The molecule has 0 radical (unpaired) electrons. The quantitative estimate of drug-likeness (QED) is 0.846. The highest BCUT2D eigenvalue weighted by atomic mass is 32.2. The van der Waals surface area contributed by atoms with Crippen molar-refractivity contribution in [3.05, 3.63) is 11.6 Å². The van der Waals surface area contributed by atoms with Crippen LogP contribution in [0.1, 0.15) is 44.4 Å². The van der Waals surface area contributed by atoms with E-state index >= 15 is 0 Å². The zero-order valence-corrected chi connectivity index (χ0v) is 12.6. The number of nitrogens with zero attached hydrogens (tertiary/aromatic N) is 4. The first-order valence-electron chi connectivity index (χ1n) is 6.68. The highest BCUT2D eigenvalue weighted by molar-refractivity contribution is 7.89. The van der Waals surface area contributed by atoms with Gasteiger partial charge in [0, 0.05) is 13.1 Å². The van der Waals surface area contributed by atoms with Crippen molar-refractivity contribution in [2.24, 2.45) is 0 Å². The maximum Gasteiger partial charge on any atom is 0.451 e. The summed E-state index contributed by atoms with van der Waals surface area (Å²) < 4.78 is 64.9. The molecule has 0 aliphatic carbocycles. The maximum absolute atomic E-state index is 12.8. The molecule has 1 unspecified atom stereocenters. The average Bonchev–Trinajstić information content (AvgIpc) is 2.81. The molecule has 1 atom stereocenters. The van der Waals surface area contributed by atoms with Gasteiger partial charge in [0.1, 0.15) is 0 Å². The van der Waals surface area contributed by atoms with Gasteiger partial charge in [0.15, 0.2) is 5.82 Å². The number of fused-ring (bicyclic) bond motifs is 1. The average molecular weight is 326 g/mol. The Bertz CT molecular complexity index is 611. The molecular formula is C11H17F3N4O2S. The lowest BCUT2D eigenvalue weighted by Gasteiger charge is -2.32. The Kier molecular flexibility index (Phi) is 4.29. The van der Waals surface area contributed by atoms with Crippen LogP contribution in [0.3, 0.4) is 0 Å². The SMILES string of the molecule is CCCCS(=O)(=O)N1CCn2c(nnc2C(F)(F)F)C1C. The van der Waals surface area contributed by atoms with Crippen molar-refractivity contribution in [3.63, 3.8) is 0 Å². The number of rotatable bonds is 4. The molecule has 21 heavy (non-hydrogen) atoms. The fraction of sp³-hybridized carbons (Fsp3) is 0.818. The standard InChI is InChI=1S/C11H17F3N4O2S/c1-3-4-7-21(19,20)18-6-5-17-9(8(18)2)15-16-10(17)11(12,13)14/h8H,3-7H2,1-2H3. The molecule has 2 rings (SSSR count). The summed E-state index contributed by atoms with van der Waals surface area (Å²) in [6.07, 6.45) is -3.34. The highest BCUT2D eigenvalue weighted by Gasteiger charge is 2.42. The molecule has 120 valence electrons. The molecule has 6 nitrogen and oxygen atoms in total. The fourth-order valence-electron chi connectivity index (χ4n) is 2.40. The van der Waals surface area contributed by atoms with Crippen LogP contribution in [-0.4, -0.2) is 39.8 Å². The van der Waals surface area contributed by atoms with E-state index in [9.17, 15) is 21.6 Å². The van der Waals surface area contributed by atoms with Crippen LogP contribution in [0.15, 0.2) is 0 Å². The largest absolute Gasteiger partial charge is 0.451 e. The molecule has 10 heteroatoms. The van der Waals surface area contributed by atoms with Gasteiger partial charge in [-0.2, -0.15) is 17.5 Å². The van der Waals surface area contributed by atoms with E-state index in [2.05, 4.69) is 10.2 Å². The molecule has 1 aliphatic heterocycles. The summed E-state index contributed by atoms with van der Waals surface area (Å²) in [4.78, 5) is 0. The van der Waals surface area contributed by atoms with Gasteiger partial charge in [0.2, 0.25) is 15.8 Å². The molecule has 0 bridgehead atoms. The van der Waals surface area contributed by atoms with Crippen molar-refractivity contribution in [2.75, 3.05) is 12.3 Å². The maximum atomic E-state index is 12.8. The van der Waals surface area contributed by atoms with Gasteiger partial charge in [-0.05, 0) is 13.3 Å². The van der Waals surface area contributed by atoms with Gasteiger partial charge in [-0.1, -0.05) is 13.3 Å². The summed E-state index contributed by atoms with van der Waals surface area (Å²) in [5.74, 6) is -1.04. The molecular weight excluding hydrogens is 309 g/mol. The molecule has 0 saturated heterocycles. The summed E-state index contributed by atoms with van der Waals surface area (Å²) in [6.45, 7) is 3.32. The minimum atomic E-state index is -4.59. The third-order valence-corrected chi connectivity index (χ3v) is 5.51. The smallest absolute Gasteiger partial charge is 0.305 e. The Balaban J connectivity index is 2.30. The normalized spacial score (nSPS) is 20.5. The topological polar surface area (TPSA) is 68.1 Å². The van der Waals surface area contributed by atoms with Crippen LogP contribution in [0.25, 0.3) is 0 Å². The van der Waals surface area contributed by atoms with E-state index in [1.165, 1.54) is 11.2 Å². The second kappa shape index (κ2) is 5.56. The van der Waals surface area contributed by atoms with Gasteiger partial charge in [0.25, 0.3) is 0 Å². The number of halogens is 3. The van der Waals surface area contributed by atoms with E-state index in [4.69, 9.17) is 0 Å². The van der Waals surface area contributed by atoms with E-state index in [1.807, 2.05) is 6.92 Å². The van der Waals surface area contributed by atoms with Crippen LogP contribution in [-0.2, 0) is 22.7 Å². The lowest BCUT2D eigenvalue weighted by Crippen LogP contribution is -2.42. The minimum Gasteiger partial charge on any atom is -0.305 e. The summed E-state index contributed by atoms with van der Waals surface area (Å²) >= 11 is 0. The molecule has 0 amide bonds. The van der Waals surface area contributed by atoms with Crippen LogP contribution >= 0.6 is 0 Å². The molecule has 1 aromatic rings. The Labute approximate surface area is 121 Å². The third kappa shape index (κ3) is 3.05. The van der Waals surface area contributed by atoms with Crippen LogP contribution in [0.5, 0.6) is 0 Å². The third-order valence-electron chi connectivity index (χ3n) is 3.50. The van der Waals surface area contributed by atoms with Crippen molar-refractivity contribution in [2.45, 2.75) is 45.5 Å². The first-order chi connectivity index (χ1) is 9.68. The Morgan fingerprint density at radius 1 is 1.29 bits per heavy atom. The summed E-state index contributed by atoms with van der Waals surface area (Å²) in [6, 6.07) is -0.746. The molecule has 1 aliphatic rings. The van der Waals surface area contributed by atoms with Crippen molar-refractivity contribution in [1.29, 1.82) is 0 Å². The van der Waals surface area contributed by atoms with Crippen LogP contribution < -0.4 is 0 Å². The van der Waals surface area contributed by atoms with E-state index < -0.39 is 28.1 Å². The molecule has 0 fully saturated rings. The number of hydrogen-bond donors (Lipinski definition) is 0. The Hall–Kier alpha value is -1.16. The number of alkyl halides is 3. The van der Waals surface area contributed by atoms with Crippen molar-refractivity contribution in [1.82, 2.24) is 19.1 Å². The van der Waals surface area contributed by atoms with E-state index in [0.717, 1.165) is 11.0 Å². The van der Waals surface area contributed by atoms with Gasteiger partial charge in [0.05, 0.1) is 11.8 Å². The lowest BCUT2D eigenvalue weighted by molar-refractivity contribution is -0.147. The lowest BCUT2D eigenvalue weighted by atomic mass is 10.2. The number of aromatic nitrogens is 3. The summed E-state index contributed by atoms with van der Waals surface area (Å²) in [5.41, 5.74) is 0. The van der Waals surface area contributed by atoms with E-state index in [-0.39, 0.29) is 24.7 Å². The first kappa shape index (κ1) is 16.2. The zero-order chi connectivity index (χ0) is 15.8.